The summed E-state index contributed by atoms with van der Waals surface area (Å²) in [4.78, 5) is 12.1. The summed E-state index contributed by atoms with van der Waals surface area (Å²) in [5.41, 5.74) is 0.631. The van der Waals surface area contributed by atoms with E-state index < -0.39 is 36.1 Å². The Bertz CT molecular complexity index is 578. The molecule has 2 rings (SSSR count). The van der Waals surface area contributed by atoms with Crippen molar-refractivity contribution >= 4 is 6.03 Å². The molecule has 0 saturated carbocycles. The number of fused-ring (bicyclic) bond motifs is 1. The quantitative estimate of drug-likeness (QED) is 0.785. The van der Waals surface area contributed by atoms with Crippen molar-refractivity contribution < 1.29 is 27.8 Å². The van der Waals surface area contributed by atoms with Gasteiger partial charge in [0.05, 0.1) is 19.3 Å². The lowest BCUT2D eigenvalue weighted by Crippen LogP contribution is -2.53. The van der Waals surface area contributed by atoms with E-state index in [1.807, 2.05) is 5.32 Å². The maximum atomic E-state index is 13.0. The summed E-state index contributed by atoms with van der Waals surface area (Å²) in [5, 5.41) is 14.0. The molecule has 0 bridgehead atoms. The number of aliphatic hydroxyl groups excluding tert-OH is 1. The standard InChI is InChI=1S/C16H21F3N2O3/c1-9(2)14(16(17,18)19)21-15(23)20-13-10(7-22)8-24-12-6-4-3-5-11(12)13/h3-6,9-10,13-14,22H,7-8H2,1-2H3,(H2,20,21,23)/t10-,13-,14?/m1/s1. The molecule has 0 fully saturated rings. The molecule has 1 aromatic carbocycles. The van der Waals surface area contributed by atoms with Crippen LogP contribution in [0.1, 0.15) is 25.5 Å². The monoisotopic (exact) mass is 346 g/mol. The molecular weight excluding hydrogens is 325 g/mol. The highest BCUT2D eigenvalue weighted by molar-refractivity contribution is 5.75. The zero-order valence-corrected chi connectivity index (χ0v) is 13.4. The predicted octanol–water partition coefficient (Wildman–Crippen LogP) is 2.61. The van der Waals surface area contributed by atoms with Gasteiger partial charge in [-0.1, -0.05) is 32.0 Å². The van der Waals surface area contributed by atoms with Gasteiger partial charge in [-0.15, -0.1) is 0 Å². The fourth-order valence-electron chi connectivity index (χ4n) is 2.72. The molecule has 1 aromatic rings. The minimum atomic E-state index is -4.53. The van der Waals surface area contributed by atoms with E-state index in [9.17, 15) is 23.1 Å². The minimum Gasteiger partial charge on any atom is -0.493 e. The van der Waals surface area contributed by atoms with Crippen LogP contribution >= 0.6 is 0 Å². The molecule has 1 heterocycles. The minimum absolute atomic E-state index is 0.172. The largest absolute Gasteiger partial charge is 0.493 e. The number of benzene rings is 1. The molecule has 0 radical (unpaired) electrons. The van der Waals surface area contributed by atoms with Crippen molar-refractivity contribution in [2.24, 2.45) is 11.8 Å². The first kappa shape index (κ1) is 18.4. The molecule has 3 atom stereocenters. The number of hydrogen-bond acceptors (Lipinski definition) is 3. The molecule has 24 heavy (non-hydrogen) atoms. The van der Waals surface area contributed by atoms with Crippen molar-refractivity contribution in [2.75, 3.05) is 13.2 Å². The first-order valence-corrected chi connectivity index (χ1v) is 7.70. The number of para-hydroxylation sites is 1. The number of carbonyl (C=O) groups is 1. The smallest absolute Gasteiger partial charge is 0.408 e. The summed E-state index contributed by atoms with van der Waals surface area (Å²) in [5.74, 6) is -0.691. The Morgan fingerprint density at radius 2 is 2.04 bits per heavy atom. The van der Waals surface area contributed by atoms with E-state index in [0.717, 1.165) is 0 Å². The van der Waals surface area contributed by atoms with E-state index in [1.165, 1.54) is 13.8 Å². The van der Waals surface area contributed by atoms with Gasteiger partial charge in [0.2, 0.25) is 0 Å². The normalized spacial score (nSPS) is 21.6. The second-order valence-electron chi connectivity index (χ2n) is 6.15. The molecular formula is C16H21F3N2O3. The Kier molecular flexibility index (Phi) is 5.58. The zero-order valence-electron chi connectivity index (χ0n) is 13.4. The zero-order chi connectivity index (χ0) is 17.9. The van der Waals surface area contributed by atoms with E-state index >= 15 is 0 Å². The van der Waals surface area contributed by atoms with Crippen molar-refractivity contribution in [3.8, 4) is 5.75 Å². The van der Waals surface area contributed by atoms with Gasteiger partial charge in [-0.25, -0.2) is 4.79 Å². The van der Waals surface area contributed by atoms with E-state index in [2.05, 4.69) is 5.32 Å². The van der Waals surface area contributed by atoms with Crippen LogP contribution in [0.4, 0.5) is 18.0 Å². The van der Waals surface area contributed by atoms with Gasteiger partial charge >= 0.3 is 12.2 Å². The highest BCUT2D eigenvalue weighted by Crippen LogP contribution is 2.35. The van der Waals surface area contributed by atoms with Crippen LogP contribution in [0.2, 0.25) is 0 Å². The summed E-state index contributed by atoms with van der Waals surface area (Å²) >= 11 is 0. The fraction of sp³-hybridized carbons (Fsp3) is 0.562. The van der Waals surface area contributed by atoms with Gasteiger partial charge in [-0.05, 0) is 12.0 Å². The van der Waals surface area contributed by atoms with Crippen molar-refractivity contribution in [3.05, 3.63) is 29.8 Å². The first-order valence-electron chi connectivity index (χ1n) is 7.70. The molecule has 134 valence electrons. The summed E-state index contributed by atoms with van der Waals surface area (Å²) in [6.45, 7) is 2.69. The van der Waals surface area contributed by atoms with Crippen LogP contribution in [0, 0.1) is 11.8 Å². The lowest BCUT2D eigenvalue weighted by Gasteiger charge is -2.34. The number of nitrogens with one attached hydrogen (secondary N) is 2. The summed E-state index contributed by atoms with van der Waals surface area (Å²) < 4.78 is 44.5. The molecule has 0 aromatic heterocycles. The maximum Gasteiger partial charge on any atom is 0.408 e. The van der Waals surface area contributed by atoms with Crippen LogP contribution in [-0.4, -0.2) is 36.6 Å². The van der Waals surface area contributed by atoms with Crippen molar-refractivity contribution in [1.29, 1.82) is 0 Å². The lowest BCUT2D eigenvalue weighted by molar-refractivity contribution is -0.162. The molecule has 3 N–H and O–H groups in total. The number of alkyl halides is 3. The van der Waals surface area contributed by atoms with Crippen LogP contribution in [0.15, 0.2) is 24.3 Å². The topological polar surface area (TPSA) is 70.6 Å². The molecule has 5 nitrogen and oxygen atoms in total. The highest BCUT2D eigenvalue weighted by atomic mass is 19.4. The Morgan fingerprint density at radius 3 is 2.62 bits per heavy atom. The molecule has 2 amide bonds. The van der Waals surface area contributed by atoms with E-state index in [1.54, 1.807) is 24.3 Å². The molecule has 1 unspecified atom stereocenters. The van der Waals surface area contributed by atoms with Gasteiger partial charge in [-0.3, -0.25) is 0 Å². The molecule has 8 heteroatoms. The Labute approximate surface area is 138 Å². The van der Waals surface area contributed by atoms with E-state index in [0.29, 0.717) is 11.3 Å². The number of amides is 2. The number of ether oxygens (including phenoxy) is 1. The second kappa shape index (κ2) is 7.29. The summed E-state index contributed by atoms with van der Waals surface area (Å²) in [7, 11) is 0. The lowest BCUT2D eigenvalue weighted by atomic mass is 9.91. The van der Waals surface area contributed by atoms with E-state index in [-0.39, 0.29) is 13.2 Å². The SMILES string of the molecule is CC(C)C(NC(=O)N[C@H]1c2ccccc2OC[C@H]1CO)C(F)(F)F. The van der Waals surface area contributed by atoms with Crippen LogP contribution in [0.5, 0.6) is 5.75 Å². The fourth-order valence-corrected chi connectivity index (χ4v) is 2.72. The van der Waals surface area contributed by atoms with Crippen LogP contribution in [0.3, 0.4) is 0 Å². The maximum absolute atomic E-state index is 13.0. The number of halogens is 3. The van der Waals surface area contributed by atoms with Gasteiger partial charge in [-0.2, -0.15) is 13.2 Å². The van der Waals surface area contributed by atoms with Gasteiger partial charge in [0.1, 0.15) is 11.8 Å². The van der Waals surface area contributed by atoms with Gasteiger partial charge in [0.15, 0.2) is 0 Å². The number of aliphatic hydroxyl groups is 1. The summed E-state index contributed by atoms with van der Waals surface area (Å²) in [6.07, 6.45) is -4.53. The van der Waals surface area contributed by atoms with Crippen molar-refractivity contribution in [3.63, 3.8) is 0 Å². The number of carbonyl (C=O) groups excluding carboxylic acids is 1. The Morgan fingerprint density at radius 1 is 1.38 bits per heavy atom. The third-order valence-electron chi connectivity index (χ3n) is 4.01. The van der Waals surface area contributed by atoms with Crippen LogP contribution in [0.25, 0.3) is 0 Å². The summed E-state index contributed by atoms with van der Waals surface area (Å²) in [6, 6.07) is 3.43. The number of hydrogen-bond donors (Lipinski definition) is 3. The number of rotatable bonds is 4. The third-order valence-corrected chi connectivity index (χ3v) is 4.01. The second-order valence-corrected chi connectivity index (χ2v) is 6.15. The molecule has 0 aliphatic carbocycles. The van der Waals surface area contributed by atoms with Crippen LogP contribution < -0.4 is 15.4 Å². The van der Waals surface area contributed by atoms with Crippen molar-refractivity contribution in [1.82, 2.24) is 10.6 Å². The average Bonchev–Trinajstić information content (AvgIpc) is 2.51. The predicted molar refractivity (Wildman–Crippen MR) is 81.6 cm³/mol. The molecule has 1 aliphatic heterocycles. The first-order chi connectivity index (χ1) is 11.2. The van der Waals surface area contributed by atoms with Gasteiger partial charge in [0, 0.05) is 11.5 Å². The van der Waals surface area contributed by atoms with E-state index in [4.69, 9.17) is 4.74 Å². The molecule has 0 saturated heterocycles. The molecule has 0 spiro atoms. The van der Waals surface area contributed by atoms with Gasteiger partial charge < -0.3 is 20.5 Å². The Balaban J connectivity index is 2.14. The van der Waals surface area contributed by atoms with Crippen LogP contribution in [-0.2, 0) is 0 Å². The molecule has 1 aliphatic rings. The average molecular weight is 346 g/mol. The number of urea groups is 1. The van der Waals surface area contributed by atoms with Gasteiger partial charge in [0.25, 0.3) is 0 Å². The Hall–Kier alpha value is -1.96. The van der Waals surface area contributed by atoms with Crippen molar-refractivity contribution in [2.45, 2.75) is 32.1 Å². The highest BCUT2D eigenvalue weighted by Gasteiger charge is 2.43. The third kappa shape index (κ3) is 4.11.